The van der Waals surface area contributed by atoms with Gasteiger partial charge in [-0.15, -0.1) is 0 Å². The van der Waals surface area contributed by atoms with E-state index in [1.165, 1.54) is 24.3 Å². The third-order valence-corrected chi connectivity index (χ3v) is 3.01. The predicted octanol–water partition coefficient (Wildman–Crippen LogP) is 3.19. The zero-order valence-electron chi connectivity index (χ0n) is 11.8. The van der Waals surface area contributed by atoms with E-state index in [0.717, 1.165) is 11.0 Å². The first-order valence-electron chi connectivity index (χ1n) is 6.64. The molecule has 0 amide bonds. The number of aromatic nitrogens is 2. The highest BCUT2D eigenvalue weighted by atomic mass is 16.7. The first-order valence-corrected chi connectivity index (χ1v) is 6.64. The molecule has 0 aliphatic carbocycles. The van der Waals surface area contributed by atoms with Crippen molar-refractivity contribution in [2.75, 3.05) is 0 Å². The monoisotopic (exact) mass is 313 g/mol. The lowest BCUT2D eigenvalue weighted by atomic mass is 10.3. The van der Waals surface area contributed by atoms with Crippen molar-refractivity contribution in [3.63, 3.8) is 0 Å². The van der Waals surface area contributed by atoms with Crippen LogP contribution in [0.25, 0.3) is 11.0 Å². The van der Waals surface area contributed by atoms with E-state index in [4.69, 9.17) is 9.47 Å². The van der Waals surface area contributed by atoms with Gasteiger partial charge in [-0.3, -0.25) is 10.1 Å². The number of ether oxygens (including phenoxy) is 2. The molecule has 0 fully saturated rings. The minimum absolute atomic E-state index is 0.0690. The number of carbonyl (C=O) groups excluding carboxylic acids is 1. The summed E-state index contributed by atoms with van der Waals surface area (Å²) in [4.78, 5) is 28.9. The van der Waals surface area contributed by atoms with E-state index >= 15 is 0 Å². The maximum Gasteiger partial charge on any atom is 0.514 e. The lowest BCUT2D eigenvalue weighted by Gasteiger charge is -2.04. The van der Waals surface area contributed by atoms with Crippen molar-refractivity contribution in [2.45, 2.75) is 6.61 Å². The van der Waals surface area contributed by atoms with Gasteiger partial charge in [-0.2, -0.15) is 0 Å². The third-order valence-electron chi connectivity index (χ3n) is 3.01. The van der Waals surface area contributed by atoms with Gasteiger partial charge in [0.05, 0.1) is 16.0 Å². The highest BCUT2D eigenvalue weighted by Crippen LogP contribution is 2.18. The van der Waals surface area contributed by atoms with Crippen LogP contribution in [0.4, 0.5) is 10.5 Å². The largest absolute Gasteiger partial charge is 0.514 e. The van der Waals surface area contributed by atoms with Gasteiger partial charge < -0.3 is 14.5 Å². The average molecular weight is 313 g/mol. The Labute approximate surface area is 129 Å². The SMILES string of the molecule is O=C(OCc1nc2ccccc2[nH]1)Oc1ccc([N+](=O)[O-])cc1. The molecule has 8 heteroatoms. The smallest absolute Gasteiger partial charge is 0.426 e. The van der Waals surface area contributed by atoms with Crippen LogP contribution in [-0.2, 0) is 11.3 Å². The number of nitro groups is 1. The van der Waals surface area contributed by atoms with Crippen molar-refractivity contribution < 1.29 is 19.2 Å². The molecular weight excluding hydrogens is 302 g/mol. The van der Waals surface area contributed by atoms with Crippen molar-refractivity contribution >= 4 is 22.9 Å². The molecule has 1 aromatic heterocycles. The second-order valence-electron chi connectivity index (χ2n) is 4.59. The minimum Gasteiger partial charge on any atom is -0.426 e. The summed E-state index contributed by atoms with van der Waals surface area (Å²) in [6, 6.07) is 12.5. The first kappa shape index (κ1) is 14.5. The van der Waals surface area contributed by atoms with Crippen molar-refractivity contribution in [3.8, 4) is 5.75 Å². The van der Waals surface area contributed by atoms with Gasteiger partial charge in [0.25, 0.3) is 5.69 Å². The van der Waals surface area contributed by atoms with Crippen LogP contribution >= 0.6 is 0 Å². The Balaban J connectivity index is 1.57. The number of benzene rings is 2. The van der Waals surface area contributed by atoms with Crippen LogP contribution < -0.4 is 4.74 Å². The molecule has 8 nitrogen and oxygen atoms in total. The summed E-state index contributed by atoms with van der Waals surface area (Å²) in [5.74, 6) is 0.650. The van der Waals surface area contributed by atoms with Crippen LogP contribution in [0.5, 0.6) is 5.75 Å². The highest BCUT2D eigenvalue weighted by Gasteiger charge is 2.10. The van der Waals surface area contributed by atoms with Gasteiger partial charge >= 0.3 is 6.16 Å². The Morgan fingerprint density at radius 2 is 1.91 bits per heavy atom. The summed E-state index contributed by atoms with van der Waals surface area (Å²) in [7, 11) is 0. The average Bonchev–Trinajstić information content (AvgIpc) is 2.96. The van der Waals surface area contributed by atoms with E-state index < -0.39 is 11.1 Å². The molecule has 0 spiro atoms. The van der Waals surface area contributed by atoms with Gasteiger partial charge in [-0.25, -0.2) is 9.78 Å². The number of nitro benzene ring substituents is 1. The fourth-order valence-corrected chi connectivity index (χ4v) is 1.96. The van der Waals surface area contributed by atoms with Crippen LogP contribution in [0, 0.1) is 10.1 Å². The molecule has 116 valence electrons. The number of H-pyrrole nitrogens is 1. The van der Waals surface area contributed by atoms with Crippen molar-refractivity contribution in [1.29, 1.82) is 0 Å². The van der Waals surface area contributed by atoms with Crippen molar-refractivity contribution in [2.24, 2.45) is 0 Å². The van der Waals surface area contributed by atoms with Crippen molar-refractivity contribution in [3.05, 3.63) is 64.5 Å². The zero-order chi connectivity index (χ0) is 16.2. The topological polar surface area (TPSA) is 107 Å². The summed E-state index contributed by atoms with van der Waals surface area (Å²) in [6.07, 6.45) is -0.917. The molecule has 1 heterocycles. The Morgan fingerprint density at radius 1 is 1.17 bits per heavy atom. The Kier molecular flexibility index (Phi) is 3.88. The molecule has 1 N–H and O–H groups in total. The number of para-hydroxylation sites is 2. The van der Waals surface area contributed by atoms with Crippen molar-refractivity contribution in [1.82, 2.24) is 9.97 Å². The molecule has 23 heavy (non-hydrogen) atoms. The van der Waals surface area contributed by atoms with Gasteiger partial charge in [-0.1, -0.05) is 12.1 Å². The van der Waals surface area contributed by atoms with E-state index in [-0.39, 0.29) is 18.0 Å². The van der Waals surface area contributed by atoms with Crippen LogP contribution in [0.3, 0.4) is 0 Å². The molecule has 3 aromatic rings. The van der Waals surface area contributed by atoms with Gasteiger partial charge in [0, 0.05) is 12.1 Å². The molecule has 2 aromatic carbocycles. The fraction of sp³-hybridized carbons (Fsp3) is 0.0667. The molecule has 0 atom stereocenters. The van der Waals surface area contributed by atoms with E-state index in [9.17, 15) is 14.9 Å². The van der Waals surface area contributed by atoms with Gasteiger partial charge in [0.2, 0.25) is 0 Å². The lowest BCUT2D eigenvalue weighted by Crippen LogP contribution is -2.11. The molecule has 0 radical (unpaired) electrons. The maximum atomic E-state index is 11.6. The molecular formula is C15H11N3O5. The fourth-order valence-electron chi connectivity index (χ4n) is 1.96. The standard InChI is InChI=1S/C15H11N3O5/c19-15(23-11-7-5-10(6-8-11)18(20)21)22-9-14-16-12-3-1-2-4-13(12)17-14/h1-8H,9H2,(H,16,17). The molecule has 0 saturated heterocycles. The summed E-state index contributed by atoms with van der Waals surface area (Å²) in [5, 5.41) is 10.5. The number of rotatable bonds is 4. The second-order valence-corrected chi connectivity index (χ2v) is 4.59. The number of carbonyl (C=O) groups is 1. The minimum atomic E-state index is -0.917. The van der Waals surface area contributed by atoms with Crippen LogP contribution in [0.2, 0.25) is 0 Å². The second kappa shape index (κ2) is 6.14. The number of hydrogen-bond acceptors (Lipinski definition) is 6. The summed E-state index contributed by atoms with van der Waals surface area (Å²) in [5.41, 5.74) is 1.53. The Morgan fingerprint density at radius 3 is 2.61 bits per heavy atom. The number of fused-ring (bicyclic) bond motifs is 1. The summed E-state index contributed by atoms with van der Waals surface area (Å²) in [6.45, 7) is -0.0690. The number of imidazole rings is 1. The quantitative estimate of drug-likeness (QED) is 0.343. The third kappa shape index (κ3) is 3.43. The molecule has 0 unspecified atom stereocenters. The Hall–Kier alpha value is -3.42. The predicted molar refractivity (Wildman–Crippen MR) is 80.0 cm³/mol. The van der Waals surface area contributed by atoms with E-state index in [1.807, 2.05) is 24.3 Å². The van der Waals surface area contributed by atoms with E-state index in [2.05, 4.69) is 9.97 Å². The highest BCUT2D eigenvalue weighted by molar-refractivity contribution is 5.74. The van der Waals surface area contributed by atoms with Crippen LogP contribution in [0.15, 0.2) is 48.5 Å². The Bertz CT molecular complexity index is 824. The normalized spacial score (nSPS) is 10.4. The zero-order valence-corrected chi connectivity index (χ0v) is 11.8. The summed E-state index contributed by atoms with van der Waals surface area (Å²) >= 11 is 0. The molecule has 0 saturated carbocycles. The molecule has 0 bridgehead atoms. The van der Waals surface area contributed by atoms with Gasteiger partial charge in [-0.05, 0) is 24.3 Å². The first-order chi connectivity index (χ1) is 11.1. The number of aromatic amines is 1. The lowest BCUT2D eigenvalue weighted by molar-refractivity contribution is -0.384. The maximum absolute atomic E-state index is 11.6. The van der Waals surface area contributed by atoms with E-state index in [1.54, 1.807) is 0 Å². The number of nitrogens with one attached hydrogen (secondary N) is 1. The van der Waals surface area contributed by atoms with Gasteiger partial charge in [0.1, 0.15) is 11.6 Å². The number of non-ortho nitro benzene ring substituents is 1. The van der Waals surface area contributed by atoms with Gasteiger partial charge in [0.15, 0.2) is 6.61 Å². The molecule has 0 aliphatic rings. The molecule has 3 rings (SSSR count). The van der Waals surface area contributed by atoms with Crippen LogP contribution in [-0.4, -0.2) is 21.0 Å². The van der Waals surface area contributed by atoms with Crippen LogP contribution in [0.1, 0.15) is 5.82 Å². The molecule has 0 aliphatic heterocycles. The number of nitrogens with zero attached hydrogens (tertiary/aromatic N) is 2. The number of hydrogen-bond donors (Lipinski definition) is 1. The van der Waals surface area contributed by atoms with E-state index in [0.29, 0.717) is 5.82 Å². The summed E-state index contributed by atoms with van der Waals surface area (Å²) < 4.78 is 9.87.